The first-order valence-corrected chi connectivity index (χ1v) is 4.93. The Hall–Kier alpha value is -1.46. The molecular formula is C11H12F4O2. The Morgan fingerprint density at radius 1 is 0.824 bits per heavy atom. The zero-order valence-electron chi connectivity index (χ0n) is 9.29. The van der Waals surface area contributed by atoms with Gasteiger partial charge in [0.25, 0.3) is 0 Å². The molecule has 0 heterocycles. The van der Waals surface area contributed by atoms with Crippen molar-refractivity contribution in [1.29, 1.82) is 0 Å². The SMILES string of the molecule is CC(C)c1cc(OC(F)F)cc(OC(F)F)c1. The second-order valence-electron chi connectivity index (χ2n) is 3.65. The van der Waals surface area contributed by atoms with Crippen molar-refractivity contribution in [3.63, 3.8) is 0 Å². The maximum Gasteiger partial charge on any atom is 0.387 e. The summed E-state index contributed by atoms with van der Waals surface area (Å²) < 4.78 is 56.5. The largest absolute Gasteiger partial charge is 0.435 e. The van der Waals surface area contributed by atoms with Gasteiger partial charge < -0.3 is 9.47 Å². The molecule has 0 aliphatic heterocycles. The van der Waals surface area contributed by atoms with Gasteiger partial charge >= 0.3 is 13.2 Å². The minimum absolute atomic E-state index is 0.0174. The third-order valence-corrected chi connectivity index (χ3v) is 2.02. The van der Waals surface area contributed by atoms with Crippen molar-refractivity contribution < 1.29 is 27.0 Å². The zero-order chi connectivity index (χ0) is 13.0. The highest BCUT2D eigenvalue weighted by atomic mass is 19.3. The summed E-state index contributed by atoms with van der Waals surface area (Å²) in [6.07, 6.45) is 0. The second kappa shape index (κ2) is 5.75. The number of benzene rings is 1. The second-order valence-corrected chi connectivity index (χ2v) is 3.65. The summed E-state index contributed by atoms with van der Waals surface area (Å²) >= 11 is 0. The number of rotatable bonds is 5. The van der Waals surface area contributed by atoms with Gasteiger partial charge in [-0.05, 0) is 23.6 Å². The van der Waals surface area contributed by atoms with Gasteiger partial charge in [-0.25, -0.2) is 0 Å². The predicted octanol–water partition coefficient (Wildman–Crippen LogP) is 4.01. The van der Waals surface area contributed by atoms with Crippen molar-refractivity contribution in [1.82, 2.24) is 0 Å². The Morgan fingerprint density at radius 3 is 1.53 bits per heavy atom. The van der Waals surface area contributed by atoms with Crippen LogP contribution in [0.3, 0.4) is 0 Å². The third kappa shape index (κ3) is 4.50. The highest BCUT2D eigenvalue weighted by molar-refractivity contribution is 5.39. The highest BCUT2D eigenvalue weighted by Crippen LogP contribution is 2.29. The van der Waals surface area contributed by atoms with Gasteiger partial charge in [0.2, 0.25) is 0 Å². The molecule has 0 saturated carbocycles. The molecular weight excluding hydrogens is 240 g/mol. The summed E-state index contributed by atoms with van der Waals surface area (Å²) in [5.74, 6) is -0.403. The Kier molecular flexibility index (Phi) is 4.60. The number of alkyl halides is 4. The highest BCUT2D eigenvalue weighted by Gasteiger charge is 2.12. The summed E-state index contributed by atoms with van der Waals surface area (Å²) in [5, 5.41) is 0. The van der Waals surface area contributed by atoms with E-state index >= 15 is 0 Å². The lowest BCUT2D eigenvalue weighted by atomic mass is 10.0. The molecule has 0 atom stereocenters. The van der Waals surface area contributed by atoms with Gasteiger partial charge in [-0.1, -0.05) is 13.8 Å². The molecule has 0 spiro atoms. The number of hydrogen-bond donors (Lipinski definition) is 0. The fraction of sp³-hybridized carbons (Fsp3) is 0.455. The molecule has 0 radical (unpaired) electrons. The van der Waals surface area contributed by atoms with Gasteiger partial charge in [-0.2, -0.15) is 17.6 Å². The standard InChI is InChI=1S/C11H12F4O2/c1-6(2)7-3-8(16-10(12)13)5-9(4-7)17-11(14)15/h3-6,10-11H,1-2H3. The summed E-state index contributed by atoms with van der Waals surface area (Å²) in [5.41, 5.74) is 0.582. The minimum atomic E-state index is -3.00. The lowest BCUT2D eigenvalue weighted by Crippen LogP contribution is -2.06. The van der Waals surface area contributed by atoms with Crippen molar-refractivity contribution in [3.8, 4) is 11.5 Å². The van der Waals surface area contributed by atoms with Crippen LogP contribution in [0, 0.1) is 0 Å². The van der Waals surface area contributed by atoms with E-state index in [1.165, 1.54) is 12.1 Å². The van der Waals surface area contributed by atoms with Crippen molar-refractivity contribution in [2.45, 2.75) is 33.0 Å². The number of halogens is 4. The number of hydrogen-bond acceptors (Lipinski definition) is 2. The molecule has 0 bridgehead atoms. The van der Waals surface area contributed by atoms with E-state index in [1.54, 1.807) is 13.8 Å². The molecule has 0 fully saturated rings. The zero-order valence-corrected chi connectivity index (χ0v) is 9.29. The van der Waals surface area contributed by atoms with Crippen LogP contribution in [-0.2, 0) is 0 Å². The van der Waals surface area contributed by atoms with Crippen LogP contribution in [0.4, 0.5) is 17.6 Å². The monoisotopic (exact) mass is 252 g/mol. The van der Waals surface area contributed by atoms with Gasteiger partial charge in [0, 0.05) is 6.07 Å². The van der Waals surface area contributed by atoms with Crippen molar-refractivity contribution >= 4 is 0 Å². The third-order valence-electron chi connectivity index (χ3n) is 2.02. The lowest BCUT2D eigenvalue weighted by molar-refractivity contribution is -0.0543. The van der Waals surface area contributed by atoms with Crippen LogP contribution in [0.1, 0.15) is 25.3 Å². The average Bonchev–Trinajstić information content (AvgIpc) is 2.14. The molecule has 0 N–H and O–H groups in total. The molecule has 0 aliphatic rings. The molecule has 0 amide bonds. The predicted molar refractivity (Wildman–Crippen MR) is 53.8 cm³/mol. The maximum atomic E-state index is 12.0. The van der Waals surface area contributed by atoms with Crippen LogP contribution in [0.2, 0.25) is 0 Å². The smallest absolute Gasteiger partial charge is 0.387 e. The first-order chi connectivity index (χ1) is 7.88. The molecule has 0 saturated heterocycles. The van der Waals surface area contributed by atoms with E-state index in [0.29, 0.717) is 5.56 Å². The maximum absolute atomic E-state index is 12.0. The Bertz CT molecular complexity index is 338. The fourth-order valence-corrected chi connectivity index (χ4v) is 1.27. The Morgan fingerprint density at radius 2 is 1.24 bits per heavy atom. The summed E-state index contributed by atoms with van der Waals surface area (Å²) in [4.78, 5) is 0. The van der Waals surface area contributed by atoms with Crippen LogP contribution in [-0.4, -0.2) is 13.2 Å². The van der Waals surface area contributed by atoms with E-state index < -0.39 is 13.2 Å². The molecule has 1 rings (SSSR count). The van der Waals surface area contributed by atoms with E-state index in [4.69, 9.17) is 0 Å². The molecule has 0 aliphatic carbocycles. The molecule has 1 aromatic rings. The van der Waals surface area contributed by atoms with E-state index in [2.05, 4.69) is 9.47 Å². The molecule has 6 heteroatoms. The topological polar surface area (TPSA) is 18.5 Å². The van der Waals surface area contributed by atoms with Gasteiger partial charge in [-0.15, -0.1) is 0 Å². The van der Waals surface area contributed by atoms with Crippen LogP contribution in [0.15, 0.2) is 18.2 Å². The first kappa shape index (κ1) is 13.6. The minimum Gasteiger partial charge on any atom is -0.435 e. The molecule has 96 valence electrons. The fourth-order valence-electron chi connectivity index (χ4n) is 1.27. The molecule has 2 nitrogen and oxygen atoms in total. The Balaban J connectivity index is 3.00. The molecule has 17 heavy (non-hydrogen) atoms. The summed E-state index contributed by atoms with van der Waals surface area (Å²) in [6.45, 7) is -2.41. The summed E-state index contributed by atoms with van der Waals surface area (Å²) in [7, 11) is 0. The van der Waals surface area contributed by atoms with Crippen LogP contribution >= 0.6 is 0 Å². The van der Waals surface area contributed by atoms with Crippen molar-refractivity contribution in [3.05, 3.63) is 23.8 Å². The van der Waals surface area contributed by atoms with Crippen LogP contribution < -0.4 is 9.47 Å². The molecule has 1 aromatic carbocycles. The van der Waals surface area contributed by atoms with Gasteiger partial charge in [0.1, 0.15) is 11.5 Å². The van der Waals surface area contributed by atoms with Crippen molar-refractivity contribution in [2.24, 2.45) is 0 Å². The Labute approximate surface area is 96.1 Å². The van der Waals surface area contributed by atoms with Gasteiger partial charge in [-0.3, -0.25) is 0 Å². The lowest BCUT2D eigenvalue weighted by Gasteiger charge is -2.13. The first-order valence-electron chi connectivity index (χ1n) is 4.93. The van der Waals surface area contributed by atoms with Gasteiger partial charge in [0.05, 0.1) is 0 Å². The molecule has 0 unspecified atom stereocenters. The number of ether oxygens (including phenoxy) is 2. The van der Waals surface area contributed by atoms with Gasteiger partial charge in [0.15, 0.2) is 0 Å². The quantitative estimate of drug-likeness (QED) is 0.737. The summed E-state index contributed by atoms with van der Waals surface area (Å²) in [6, 6.07) is 3.74. The average molecular weight is 252 g/mol. The van der Waals surface area contributed by atoms with E-state index in [0.717, 1.165) is 6.07 Å². The van der Waals surface area contributed by atoms with E-state index in [-0.39, 0.29) is 17.4 Å². The normalized spacial score (nSPS) is 11.4. The van der Waals surface area contributed by atoms with Crippen molar-refractivity contribution in [2.75, 3.05) is 0 Å². The van der Waals surface area contributed by atoms with Crippen LogP contribution in [0.5, 0.6) is 11.5 Å². The van der Waals surface area contributed by atoms with E-state index in [9.17, 15) is 17.6 Å². The van der Waals surface area contributed by atoms with Crippen LogP contribution in [0.25, 0.3) is 0 Å². The van der Waals surface area contributed by atoms with E-state index in [1.807, 2.05) is 0 Å². The molecule has 0 aromatic heterocycles.